The van der Waals surface area contributed by atoms with E-state index >= 15 is 0 Å². The molecule has 0 aliphatic carbocycles. The van der Waals surface area contributed by atoms with E-state index in [1.807, 2.05) is 24.3 Å². The van der Waals surface area contributed by atoms with Gasteiger partial charge in [0.25, 0.3) is 11.6 Å². The number of halogens is 1. The van der Waals surface area contributed by atoms with Crippen LogP contribution in [-0.2, 0) is 0 Å². The summed E-state index contributed by atoms with van der Waals surface area (Å²) < 4.78 is 0.858. The second-order valence-electron chi connectivity index (χ2n) is 5.51. The van der Waals surface area contributed by atoms with Crippen LogP contribution < -0.4 is 10.6 Å². The molecule has 0 unspecified atom stereocenters. The Kier molecular flexibility index (Phi) is 5.33. The van der Waals surface area contributed by atoms with E-state index in [2.05, 4.69) is 26.6 Å². The summed E-state index contributed by atoms with van der Waals surface area (Å²) in [4.78, 5) is 22.9. The van der Waals surface area contributed by atoms with Gasteiger partial charge in [-0.15, -0.1) is 0 Å². The van der Waals surface area contributed by atoms with Gasteiger partial charge in [0.1, 0.15) is 5.75 Å². The summed E-state index contributed by atoms with van der Waals surface area (Å²) in [6.45, 7) is 0. The third-order valence-corrected chi connectivity index (χ3v) is 4.68. The first-order valence-corrected chi connectivity index (χ1v) is 8.84. The third kappa shape index (κ3) is 4.04. The van der Waals surface area contributed by atoms with Crippen LogP contribution >= 0.6 is 28.1 Å². The number of benzene rings is 3. The van der Waals surface area contributed by atoms with Gasteiger partial charge in [-0.3, -0.25) is 20.2 Å². The number of nitrogens with one attached hydrogen (secondary N) is 2. The van der Waals surface area contributed by atoms with E-state index in [1.54, 1.807) is 12.1 Å². The van der Waals surface area contributed by atoms with E-state index in [1.165, 1.54) is 6.07 Å². The molecule has 27 heavy (non-hydrogen) atoms. The minimum atomic E-state index is -0.597. The maximum atomic E-state index is 12.6. The number of anilines is 1. The molecule has 0 fully saturated rings. The SMILES string of the molecule is O=C(NC(=S)Nc1cc([N+](=O)[O-])ccc1O)c1cccc2c(Br)cccc12. The summed E-state index contributed by atoms with van der Waals surface area (Å²) in [7, 11) is 0. The van der Waals surface area contributed by atoms with Crippen molar-refractivity contribution >= 4 is 61.3 Å². The molecular weight excluding hydrogens is 434 g/mol. The zero-order valence-electron chi connectivity index (χ0n) is 13.6. The number of thiocarbonyl (C=S) groups is 1. The van der Waals surface area contributed by atoms with Gasteiger partial charge in [-0.1, -0.05) is 40.2 Å². The number of hydrogen-bond acceptors (Lipinski definition) is 5. The smallest absolute Gasteiger partial charge is 0.271 e. The fourth-order valence-corrected chi connectivity index (χ4v) is 3.23. The minimum absolute atomic E-state index is 0.0233. The van der Waals surface area contributed by atoms with Crippen molar-refractivity contribution in [3.63, 3.8) is 0 Å². The number of phenols is 1. The first kappa shape index (κ1) is 18.7. The van der Waals surface area contributed by atoms with Crippen molar-refractivity contribution < 1.29 is 14.8 Å². The largest absolute Gasteiger partial charge is 0.506 e. The molecule has 0 aliphatic rings. The molecule has 0 aromatic heterocycles. The van der Waals surface area contributed by atoms with Crippen LogP contribution in [0, 0.1) is 10.1 Å². The van der Waals surface area contributed by atoms with Crippen LogP contribution in [0.4, 0.5) is 11.4 Å². The number of rotatable bonds is 3. The standard InChI is InChI=1S/C18H12BrN3O4S/c19-14-6-2-3-11-12(14)4-1-5-13(11)17(24)21-18(27)20-15-9-10(22(25)26)7-8-16(15)23/h1-9,23H,(H2,20,21,24,27). The monoisotopic (exact) mass is 445 g/mol. The summed E-state index contributed by atoms with van der Waals surface area (Å²) in [6, 6.07) is 14.3. The number of nitro groups is 1. The molecule has 3 rings (SSSR count). The van der Waals surface area contributed by atoms with Crippen LogP contribution in [0.5, 0.6) is 5.75 Å². The Morgan fingerprint density at radius 2 is 1.81 bits per heavy atom. The number of nitrogens with zero attached hydrogens (tertiary/aromatic N) is 1. The first-order valence-electron chi connectivity index (χ1n) is 7.64. The predicted octanol–water partition coefficient (Wildman–Crippen LogP) is 4.34. The zero-order chi connectivity index (χ0) is 19.6. The van der Waals surface area contributed by atoms with E-state index < -0.39 is 10.8 Å². The Labute approximate surface area is 167 Å². The summed E-state index contributed by atoms with van der Waals surface area (Å²) in [5, 5.41) is 27.3. The molecule has 7 nitrogen and oxygen atoms in total. The average Bonchev–Trinajstić information content (AvgIpc) is 2.63. The van der Waals surface area contributed by atoms with Crippen molar-refractivity contribution in [1.29, 1.82) is 0 Å². The fourth-order valence-electron chi connectivity index (χ4n) is 2.53. The van der Waals surface area contributed by atoms with E-state index in [-0.39, 0.29) is 22.2 Å². The van der Waals surface area contributed by atoms with Crippen LogP contribution in [0.25, 0.3) is 10.8 Å². The van der Waals surface area contributed by atoms with Crippen molar-refractivity contribution in [2.75, 3.05) is 5.32 Å². The highest BCUT2D eigenvalue weighted by atomic mass is 79.9. The molecule has 0 heterocycles. The molecule has 3 N–H and O–H groups in total. The molecule has 0 radical (unpaired) electrons. The molecule has 0 saturated carbocycles. The van der Waals surface area contributed by atoms with E-state index in [0.29, 0.717) is 5.56 Å². The number of carbonyl (C=O) groups is 1. The molecular formula is C18H12BrN3O4S. The van der Waals surface area contributed by atoms with E-state index in [9.17, 15) is 20.0 Å². The molecule has 3 aromatic rings. The lowest BCUT2D eigenvalue weighted by atomic mass is 10.0. The maximum absolute atomic E-state index is 12.6. The Morgan fingerprint density at radius 1 is 1.11 bits per heavy atom. The normalized spacial score (nSPS) is 10.4. The highest BCUT2D eigenvalue weighted by Gasteiger charge is 2.15. The molecule has 1 amide bonds. The van der Waals surface area contributed by atoms with E-state index in [0.717, 1.165) is 27.4 Å². The van der Waals surface area contributed by atoms with Gasteiger partial charge in [-0.25, -0.2) is 0 Å². The van der Waals surface area contributed by atoms with Gasteiger partial charge in [-0.2, -0.15) is 0 Å². The zero-order valence-corrected chi connectivity index (χ0v) is 16.0. The van der Waals surface area contributed by atoms with Gasteiger partial charge in [-0.05, 0) is 41.2 Å². The summed E-state index contributed by atoms with van der Waals surface area (Å²) in [5.41, 5.74) is 0.222. The van der Waals surface area contributed by atoms with Crippen molar-refractivity contribution in [1.82, 2.24) is 5.32 Å². The maximum Gasteiger partial charge on any atom is 0.271 e. The Bertz CT molecular complexity index is 1090. The number of fused-ring (bicyclic) bond motifs is 1. The van der Waals surface area contributed by atoms with Crippen molar-refractivity contribution in [3.8, 4) is 5.75 Å². The van der Waals surface area contributed by atoms with Crippen molar-refractivity contribution in [3.05, 3.63) is 74.7 Å². The highest BCUT2D eigenvalue weighted by molar-refractivity contribution is 9.10. The Balaban J connectivity index is 1.81. The number of non-ortho nitro benzene ring substituents is 1. The summed E-state index contributed by atoms with van der Waals surface area (Å²) in [5.74, 6) is -0.674. The second-order valence-corrected chi connectivity index (χ2v) is 6.77. The molecule has 0 bridgehead atoms. The Hall–Kier alpha value is -3.04. The van der Waals surface area contributed by atoms with Crippen LogP contribution in [0.15, 0.2) is 59.1 Å². The third-order valence-electron chi connectivity index (χ3n) is 3.78. The van der Waals surface area contributed by atoms with Crippen molar-refractivity contribution in [2.24, 2.45) is 0 Å². The first-order chi connectivity index (χ1) is 12.9. The van der Waals surface area contributed by atoms with Crippen LogP contribution in [0.1, 0.15) is 10.4 Å². The fraction of sp³-hybridized carbons (Fsp3) is 0. The lowest BCUT2D eigenvalue weighted by Gasteiger charge is -2.12. The van der Waals surface area contributed by atoms with E-state index in [4.69, 9.17) is 12.2 Å². The number of nitro benzene ring substituents is 1. The topological polar surface area (TPSA) is 104 Å². The highest BCUT2D eigenvalue weighted by Crippen LogP contribution is 2.28. The van der Waals surface area contributed by atoms with Crippen molar-refractivity contribution in [2.45, 2.75) is 0 Å². The quantitative estimate of drug-likeness (QED) is 0.239. The average molecular weight is 446 g/mol. The number of hydrogen-bond donors (Lipinski definition) is 3. The van der Waals surface area contributed by atoms with Gasteiger partial charge in [0, 0.05) is 22.2 Å². The summed E-state index contributed by atoms with van der Waals surface area (Å²) >= 11 is 8.55. The molecule has 0 saturated heterocycles. The van der Waals surface area contributed by atoms with Gasteiger partial charge in [0.05, 0.1) is 10.6 Å². The van der Waals surface area contributed by atoms with Crippen LogP contribution in [-0.4, -0.2) is 21.0 Å². The molecule has 136 valence electrons. The predicted molar refractivity (Wildman–Crippen MR) is 110 cm³/mol. The molecule has 3 aromatic carbocycles. The number of amides is 1. The van der Waals surface area contributed by atoms with Crippen LogP contribution in [0.2, 0.25) is 0 Å². The molecule has 0 aliphatic heterocycles. The van der Waals surface area contributed by atoms with Crippen LogP contribution in [0.3, 0.4) is 0 Å². The molecule has 0 atom stereocenters. The number of aromatic hydroxyl groups is 1. The minimum Gasteiger partial charge on any atom is -0.506 e. The number of phenolic OH excluding ortho intramolecular Hbond substituents is 1. The number of carbonyl (C=O) groups excluding carboxylic acids is 1. The molecule has 0 spiro atoms. The lowest BCUT2D eigenvalue weighted by molar-refractivity contribution is -0.384. The van der Waals surface area contributed by atoms with Gasteiger partial charge >= 0.3 is 0 Å². The van der Waals surface area contributed by atoms with Gasteiger partial charge in [0.15, 0.2) is 5.11 Å². The molecule has 9 heteroatoms. The van der Waals surface area contributed by atoms with Gasteiger partial charge < -0.3 is 10.4 Å². The Morgan fingerprint density at radius 3 is 2.56 bits per heavy atom. The second kappa shape index (κ2) is 7.68. The summed E-state index contributed by atoms with van der Waals surface area (Å²) in [6.07, 6.45) is 0. The van der Waals surface area contributed by atoms with Gasteiger partial charge in [0.2, 0.25) is 0 Å². The lowest BCUT2D eigenvalue weighted by Crippen LogP contribution is -2.34.